The van der Waals surface area contributed by atoms with Crippen molar-refractivity contribution in [3.8, 4) is 0 Å². The van der Waals surface area contributed by atoms with Gasteiger partial charge in [0.25, 0.3) is 0 Å². The van der Waals surface area contributed by atoms with Crippen molar-refractivity contribution in [1.82, 2.24) is 24.9 Å². The number of amides is 1. The fourth-order valence-corrected chi connectivity index (χ4v) is 10.8. The minimum atomic E-state index is -1.69. The Bertz CT molecular complexity index is 2420. The molecule has 4 aromatic rings. The number of carbonyl (C=O) groups excluding carboxylic acids is 2. The lowest BCUT2D eigenvalue weighted by molar-refractivity contribution is -0.349. The van der Waals surface area contributed by atoms with Crippen LogP contribution in [0.4, 0.5) is 5.69 Å². The molecule has 400 valence electrons. The average Bonchev–Trinajstić information content (AvgIpc) is 4.02. The molecule has 2 aliphatic heterocycles. The molecule has 2 aromatic carbocycles. The third-order valence-electron chi connectivity index (χ3n) is 14.9. The molecule has 0 radical (unpaired) electrons. The van der Waals surface area contributed by atoms with Crippen molar-refractivity contribution < 1.29 is 73.4 Å². The van der Waals surface area contributed by atoms with E-state index in [1.54, 1.807) is 18.2 Å². The zero-order valence-corrected chi connectivity index (χ0v) is 41.4. The van der Waals surface area contributed by atoms with Crippen molar-refractivity contribution in [2.45, 2.75) is 177 Å². The highest BCUT2D eigenvalue weighted by Crippen LogP contribution is 2.39. The Morgan fingerprint density at radius 3 is 2.40 bits per heavy atom. The molecular weight excluding hydrogens is 949 g/mol. The summed E-state index contributed by atoms with van der Waals surface area (Å²) in [5.74, 6) is -3.55. The van der Waals surface area contributed by atoms with E-state index in [0.29, 0.717) is 25.9 Å². The monoisotopic (exact) mass is 1020 g/mol. The minimum Gasteiger partial charge on any atom is -0.479 e. The Morgan fingerprint density at radius 2 is 1.64 bits per heavy atom. The number of nitrogen functional groups attached to an aromatic ring is 1. The predicted molar refractivity (Wildman–Crippen MR) is 261 cm³/mol. The highest BCUT2D eigenvalue weighted by Gasteiger charge is 2.54. The number of ether oxygens (including phenoxy) is 6. The molecule has 1 amide bonds. The number of benzene rings is 2. The molecule has 8 rings (SSSR count). The van der Waals surface area contributed by atoms with Crippen molar-refractivity contribution in [3.63, 3.8) is 0 Å². The number of aromatic nitrogens is 4. The van der Waals surface area contributed by atoms with E-state index in [4.69, 9.17) is 34.2 Å². The molecule has 2 saturated carbocycles. The highest BCUT2D eigenvalue weighted by molar-refractivity contribution is 5.89. The standard InChI is InChI=1S/C52H72N6O15/c1-29-23-34(48(64)54-19-9-15-36-27-58(56-55-36)21-10-20-57-22-18-33-25-35(53)16-17-37(33)57)26-38(45(29)73-51-44(63)43(62)41(60)30(2)68-51)70-52-47(72-50(67)32-13-7-4-8-14-32)46(42(61)40(28-59)71-52)69-39(49(65)66)24-31-11-5-3-6-12-31/h4,7-8,13-14,16-18,22,25,27,29-31,34,38-47,51-52,59-63H,3,5-6,9-12,15,19-21,23-24,26,28,53H2,1-2H3,(H,54,64)(H,65,66)/t29-,30-,34+,38+,39-,40+,41+,42-,43+,44-,45+,46-,47+,51-,52+/m0/s1. The quantitative estimate of drug-likeness (QED) is 0.0338. The number of fused-ring (bicyclic) bond motifs is 1. The number of aliphatic hydroxyl groups is 5. The number of esters is 1. The van der Waals surface area contributed by atoms with Crippen LogP contribution < -0.4 is 11.1 Å². The third kappa shape index (κ3) is 13.4. The molecule has 2 aliphatic carbocycles. The summed E-state index contributed by atoms with van der Waals surface area (Å²) in [6.07, 6.45) is -7.73. The summed E-state index contributed by atoms with van der Waals surface area (Å²) in [6.45, 7) is 4.35. The molecule has 15 atom stereocenters. The average molecular weight is 1020 g/mol. The first kappa shape index (κ1) is 54.2. The summed E-state index contributed by atoms with van der Waals surface area (Å²) in [4.78, 5) is 40.8. The zero-order valence-electron chi connectivity index (χ0n) is 41.4. The number of hydrogen-bond donors (Lipinski definition) is 8. The van der Waals surface area contributed by atoms with E-state index < -0.39 is 110 Å². The molecule has 73 heavy (non-hydrogen) atoms. The summed E-state index contributed by atoms with van der Waals surface area (Å²) in [6, 6.07) is 15.9. The lowest BCUT2D eigenvalue weighted by Gasteiger charge is -2.48. The van der Waals surface area contributed by atoms with Crippen LogP contribution in [0.2, 0.25) is 0 Å². The van der Waals surface area contributed by atoms with Crippen molar-refractivity contribution in [1.29, 1.82) is 0 Å². The predicted octanol–water partition coefficient (Wildman–Crippen LogP) is 2.71. The third-order valence-corrected chi connectivity index (χ3v) is 14.9. The lowest BCUT2D eigenvalue weighted by atomic mass is 9.77. The SMILES string of the molecule is C[C@@H]1O[C@@H](O[C@@H]2[C@@H](C)C[C@@H](C(=O)NCCCc3cn(CCCn4ccc5cc(N)ccc54)nn3)C[C@H]2O[C@@H]2O[C@H](CO)[C@H](O)[C@H](O[C@@H](CC3CCCCC3)C(=O)O)[C@H]2OC(=O)c2ccccc2)[C@@H](O)[C@H](O)[C@@H]1O. The van der Waals surface area contributed by atoms with E-state index in [-0.39, 0.29) is 36.7 Å². The van der Waals surface area contributed by atoms with Gasteiger partial charge in [0.15, 0.2) is 24.8 Å². The first-order chi connectivity index (χ1) is 35.2. The van der Waals surface area contributed by atoms with Crippen LogP contribution in [0.15, 0.2) is 67.0 Å². The van der Waals surface area contributed by atoms with Gasteiger partial charge in [-0.25, -0.2) is 9.59 Å². The van der Waals surface area contributed by atoms with Crippen LogP contribution in [0, 0.1) is 17.8 Å². The van der Waals surface area contributed by atoms with Crippen molar-refractivity contribution in [3.05, 3.63) is 78.2 Å². The number of nitrogens with one attached hydrogen (secondary N) is 1. The number of hydrogen-bond acceptors (Lipinski definition) is 17. The summed E-state index contributed by atoms with van der Waals surface area (Å²) in [7, 11) is 0. The Balaban J connectivity index is 0.969. The number of aliphatic carboxylic acids is 1. The van der Waals surface area contributed by atoms with Crippen LogP contribution in [0.1, 0.15) is 94.1 Å². The van der Waals surface area contributed by atoms with Gasteiger partial charge in [0.1, 0.15) is 36.6 Å². The second-order valence-electron chi connectivity index (χ2n) is 20.3. The van der Waals surface area contributed by atoms with E-state index >= 15 is 0 Å². The lowest BCUT2D eigenvalue weighted by Crippen LogP contribution is -2.64. The summed E-state index contributed by atoms with van der Waals surface area (Å²) in [5, 5.41) is 77.7. The number of anilines is 1. The summed E-state index contributed by atoms with van der Waals surface area (Å²) >= 11 is 0. The van der Waals surface area contributed by atoms with Gasteiger partial charge in [-0.1, -0.05) is 62.4 Å². The molecule has 4 aliphatic rings. The van der Waals surface area contributed by atoms with Gasteiger partial charge in [-0.2, -0.15) is 0 Å². The smallest absolute Gasteiger partial charge is 0.338 e. The van der Waals surface area contributed by atoms with Crippen LogP contribution in [0.3, 0.4) is 0 Å². The van der Waals surface area contributed by atoms with E-state index in [2.05, 4.69) is 20.2 Å². The molecule has 4 fully saturated rings. The first-order valence-corrected chi connectivity index (χ1v) is 25.8. The topological polar surface area (TPSA) is 302 Å². The largest absolute Gasteiger partial charge is 0.479 e. The van der Waals surface area contributed by atoms with Crippen LogP contribution in [0.25, 0.3) is 10.9 Å². The molecule has 2 saturated heterocycles. The second kappa shape index (κ2) is 25.0. The van der Waals surface area contributed by atoms with Gasteiger partial charge in [0.05, 0.1) is 36.2 Å². The maximum Gasteiger partial charge on any atom is 0.338 e. The molecule has 0 unspecified atom stereocenters. The number of aryl methyl sites for hydroxylation is 3. The molecule has 21 nitrogen and oxygen atoms in total. The van der Waals surface area contributed by atoms with Gasteiger partial charge < -0.3 is 74.7 Å². The minimum absolute atomic E-state index is 0.0118. The van der Waals surface area contributed by atoms with Gasteiger partial charge in [0, 0.05) is 54.5 Å². The maximum absolute atomic E-state index is 14.1. The molecule has 2 aromatic heterocycles. The zero-order chi connectivity index (χ0) is 51.8. The number of nitrogens with two attached hydrogens (primary N) is 1. The highest BCUT2D eigenvalue weighted by atomic mass is 16.7. The number of aliphatic hydroxyl groups excluding tert-OH is 5. The van der Waals surface area contributed by atoms with Gasteiger partial charge in [-0.05, 0) is 93.7 Å². The van der Waals surface area contributed by atoms with Crippen molar-refractivity contribution in [2.24, 2.45) is 17.8 Å². The number of nitrogens with zero attached hydrogens (tertiary/aromatic N) is 4. The van der Waals surface area contributed by atoms with E-state index in [1.165, 1.54) is 19.1 Å². The fraction of sp³-hybridized carbons (Fsp3) is 0.635. The maximum atomic E-state index is 14.1. The Kier molecular flexibility index (Phi) is 18.5. The Morgan fingerprint density at radius 1 is 0.863 bits per heavy atom. The summed E-state index contributed by atoms with van der Waals surface area (Å²) in [5.41, 5.74) is 8.69. The van der Waals surface area contributed by atoms with Crippen molar-refractivity contribution >= 4 is 34.4 Å². The summed E-state index contributed by atoms with van der Waals surface area (Å²) < 4.78 is 41.5. The first-order valence-electron chi connectivity index (χ1n) is 25.8. The van der Waals surface area contributed by atoms with Gasteiger partial charge >= 0.3 is 11.9 Å². The molecule has 4 heterocycles. The van der Waals surface area contributed by atoms with Crippen LogP contribution in [-0.4, -0.2) is 161 Å². The van der Waals surface area contributed by atoms with E-state index in [1.807, 2.05) is 48.3 Å². The van der Waals surface area contributed by atoms with E-state index in [9.17, 15) is 45.0 Å². The number of carboxylic acids is 1. The van der Waals surface area contributed by atoms with Gasteiger partial charge in [-0.15, -0.1) is 5.10 Å². The molecular formula is C52H72N6O15. The van der Waals surface area contributed by atoms with Crippen molar-refractivity contribution in [2.75, 3.05) is 18.9 Å². The van der Waals surface area contributed by atoms with Gasteiger partial charge in [-0.3, -0.25) is 9.48 Å². The molecule has 21 heteroatoms. The number of carbonyl (C=O) groups is 3. The Hall–Kier alpha value is -5.07. The normalized spacial score (nSPS) is 31.5. The second-order valence-corrected chi connectivity index (χ2v) is 20.3. The van der Waals surface area contributed by atoms with Crippen LogP contribution in [-0.2, 0) is 57.5 Å². The van der Waals surface area contributed by atoms with Crippen LogP contribution >= 0.6 is 0 Å². The Labute approximate surface area is 423 Å². The van der Waals surface area contributed by atoms with E-state index in [0.717, 1.165) is 67.4 Å². The molecule has 0 bridgehead atoms. The number of carboxylic acid groups (broad SMARTS) is 1. The van der Waals surface area contributed by atoms with Gasteiger partial charge in [0.2, 0.25) is 5.91 Å². The molecule has 9 N–H and O–H groups in total. The molecule has 0 spiro atoms. The fourth-order valence-electron chi connectivity index (χ4n) is 10.8. The van der Waals surface area contributed by atoms with Crippen LogP contribution in [0.5, 0.6) is 0 Å². The number of rotatable bonds is 21.